The Hall–Kier alpha value is -2.39. The fourth-order valence-corrected chi connectivity index (χ4v) is 3.55. The molecular weight excluding hydrogens is 358 g/mol. The van der Waals surface area contributed by atoms with Crippen LogP contribution < -0.4 is 10.1 Å². The summed E-state index contributed by atoms with van der Waals surface area (Å²) in [4.78, 5) is 13.4. The van der Waals surface area contributed by atoms with Gasteiger partial charge in [-0.05, 0) is 46.5 Å². The largest absolute Gasteiger partial charge is 0.495 e. The standard InChI is InChI=1S/C16H17N5O2S2/c1-11-5-6-14(23-2)13(8-11)17-15(22)10-25-16-18-19-20-21(16)9-12-4-3-7-24-12/h3-8H,9-10H2,1-2H3,(H,17,22). The highest BCUT2D eigenvalue weighted by molar-refractivity contribution is 7.99. The van der Waals surface area contributed by atoms with Gasteiger partial charge in [0.1, 0.15) is 5.75 Å². The minimum Gasteiger partial charge on any atom is -0.495 e. The van der Waals surface area contributed by atoms with E-state index in [0.29, 0.717) is 23.1 Å². The van der Waals surface area contributed by atoms with Crippen LogP contribution in [0.25, 0.3) is 0 Å². The number of benzene rings is 1. The van der Waals surface area contributed by atoms with Crippen molar-refractivity contribution in [2.75, 3.05) is 18.2 Å². The second-order valence-electron chi connectivity index (χ2n) is 5.24. The zero-order valence-corrected chi connectivity index (χ0v) is 15.4. The molecule has 9 heteroatoms. The van der Waals surface area contributed by atoms with E-state index in [2.05, 4.69) is 20.8 Å². The Morgan fingerprint density at radius 2 is 2.28 bits per heavy atom. The summed E-state index contributed by atoms with van der Waals surface area (Å²) in [5, 5.41) is 17.2. The number of nitrogens with zero attached hydrogens (tertiary/aromatic N) is 4. The first-order valence-corrected chi connectivity index (χ1v) is 9.38. The summed E-state index contributed by atoms with van der Waals surface area (Å²) < 4.78 is 6.96. The Bertz CT molecular complexity index is 848. The van der Waals surface area contributed by atoms with E-state index in [1.165, 1.54) is 11.8 Å². The van der Waals surface area contributed by atoms with E-state index in [0.717, 1.165) is 10.4 Å². The van der Waals surface area contributed by atoms with Crippen molar-refractivity contribution < 1.29 is 9.53 Å². The second-order valence-corrected chi connectivity index (χ2v) is 7.21. The maximum atomic E-state index is 12.3. The van der Waals surface area contributed by atoms with E-state index in [4.69, 9.17) is 4.74 Å². The lowest BCUT2D eigenvalue weighted by atomic mass is 10.2. The van der Waals surface area contributed by atoms with Gasteiger partial charge < -0.3 is 10.1 Å². The fourth-order valence-electron chi connectivity index (χ4n) is 2.19. The number of carbonyl (C=O) groups is 1. The number of anilines is 1. The molecule has 0 bridgehead atoms. The number of aromatic nitrogens is 4. The summed E-state index contributed by atoms with van der Waals surface area (Å²) in [5.74, 6) is 0.702. The van der Waals surface area contributed by atoms with Crippen molar-refractivity contribution in [1.82, 2.24) is 20.2 Å². The molecule has 7 nitrogen and oxygen atoms in total. The van der Waals surface area contributed by atoms with Gasteiger partial charge in [-0.15, -0.1) is 16.4 Å². The van der Waals surface area contributed by atoms with E-state index in [-0.39, 0.29) is 11.7 Å². The number of rotatable bonds is 7. The van der Waals surface area contributed by atoms with Gasteiger partial charge in [-0.1, -0.05) is 23.9 Å². The lowest BCUT2D eigenvalue weighted by Gasteiger charge is -2.10. The number of hydrogen-bond acceptors (Lipinski definition) is 7. The maximum Gasteiger partial charge on any atom is 0.234 e. The van der Waals surface area contributed by atoms with Crippen molar-refractivity contribution in [1.29, 1.82) is 0 Å². The SMILES string of the molecule is COc1ccc(C)cc1NC(=O)CSc1nnnn1Cc1cccs1. The summed E-state index contributed by atoms with van der Waals surface area (Å²) in [6.45, 7) is 2.56. The van der Waals surface area contributed by atoms with Crippen LogP contribution in [-0.2, 0) is 11.3 Å². The van der Waals surface area contributed by atoms with E-state index >= 15 is 0 Å². The molecular formula is C16H17N5O2S2. The third-order valence-electron chi connectivity index (χ3n) is 3.35. The molecule has 3 rings (SSSR count). The van der Waals surface area contributed by atoms with E-state index < -0.39 is 0 Å². The number of aryl methyl sites for hydroxylation is 1. The third-order valence-corrected chi connectivity index (χ3v) is 5.16. The van der Waals surface area contributed by atoms with Crippen molar-refractivity contribution in [2.45, 2.75) is 18.6 Å². The molecule has 130 valence electrons. The Morgan fingerprint density at radius 3 is 3.04 bits per heavy atom. The van der Waals surface area contributed by atoms with Crippen molar-refractivity contribution in [3.05, 3.63) is 46.2 Å². The summed E-state index contributed by atoms with van der Waals surface area (Å²) in [7, 11) is 1.58. The molecule has 0 aliphatic carbocycles. The van der Waals surface area contributed by atoms with Crippen molar-refractivity contribution >= 4 is 34.7 Å². The Morgan fingerprint density at radius 1 is 1.40 bits per heavy atom. The summed E-state index contributed by atoms with van der Waals surface area (Å²) >= 11 is 2.94. The highest BCUT2D eigenvalue weighted by Crippen LogP contribution is 2.25. The molecule has 0 aliphatic heterocycles. The van der Waals surface area contributed by atoms with E-state index in [1.807, 2.05) is 42.6 Å². The van der Waals surface area contributed by atoms with Crippen molar-refractivity contribution in [3.63, 3.8) is 0 Å². The smallest absolute Gasteiger partial charge is 0.234 e. The van der Waals surface area contributed by atoms with Gasteiger partial charge >= 0.3 is 0 Å². The fraction of sp³-hybridized carbons (Fsp3) is 0.250. The van der Waals surface area contributed by atoms with Gasteiger partial charge in [-0.25, -0.2) is 4.68 Å². The molecule has 0 atom stereocenters. The summed E-state index contributed by atoms with van der Waals surface area (Å²) in [6.07, 6.45) is 0. The molecule has 0 radical (unpaired) electrons. The van der Waals surface area contributed by atoms with Gasteiger partial charge in [0.2, 0.25) is 11.1 Å². The number of methoxy groups -OCH3 is 1. The first-order chi connectivity index (χ1) is 12.2. The van der Waals surface area contributed by atoms with Gasteiger partial charge in [0.25, 0.3) is 0 Å². The number of nitrogens with one attached hydrogen (secondary N) is 1. The quantitative estimate of drug-likeness (QED) is 0.640. The topological polar surface area (TPSA) is 81.9 Å². The predicted octanol–water partition coefficient (Wildman–Crippen LogP) is 2.83. The van der Waals surface area contributed by atoms with Gasteiger partial charge in [0.15, 0.2) is 0 Å². The Labute approximate surface area is 153 Å². The number of hydrogen-bond donors (Lipinski definition) is 1. The second kappa shape index (κ2) is 8.13. The summed E-state index contributed by atoms with van der Waals surface area (Å²) in [5.41, 5.74) is 1.70. The minimum atomic E-state index is -0.139. The van der Waals surface area contributed by atoms with Crippen molar-refractivity contribution in [3.8, 4) is 5.75 Å². The molecule has 0 fully saturated rings. The van der Waals surface area contributed by atoms with E-state index in [1.54, 1.807) is 23.1 Å². The average molecular weight is 375 g/mol. The monoisotopic (exact) mass is 375 g/mol. The minimum absolute atomic E-state index is 0.139. The van der Waals surface area contributed by atoms with E-state index in [9.17, 15) is 4.79 Å². The van der Waals surface area contributed by atoms with Crippen LogP contribution in [0.4, 0.5) is 5.69 Å². The van der Waals surface area contributed by atoms with Crippen molar-refractivity contribution in [2.24, 2.45) is 0 Å². The van der Waals surface area contributed by atoms with Gasteiger partial charge in [-0.2, -0.15) is 0 Å². The number of tetrazole rings is 1. The first-order valence-electron chi connectivity index (χ1n) is 7.51. The number of amides is 1. The van der Waals surface area contributed by atoms with Crippen LogP contribution in [-0.4, -0.2) is 39.0 Å². The van der Waals surface area contributed by atoms with Crippen LogP contribution in [0.5, 0.6) is 5.75 Å². The molecule has 1 amide bonds. The lowest BCUT2D eigenvalue weighted by Crippen LogP contribution is -2.15. The van der Waals surface area contributed by atoms with Crippen LogP contribution in [0.15, 0.2) is 40.9 Å². The molecule has 2 aromatic heterocycles. The van der Waals surface area contributed by atoms with Crippen LogP contribution in [0.2, 0.25) is 0 Å². The molecule has 2 heterocycles. The van der Waals surface area contributed by atoms with Gasteiger partial charge in [0.05, 0.1) is 25.1 Å². The normalized spacial score (nSPS) is 10.6. The number of ether oxygens (including phenoxy) is 1. The zero-order chi connectivity index (χ0) is 17.6. The van der Waals surface area contributed by atoms with Gasteiger partial charge in [-0.3, -0.25) is 4.79 Å². The molecule has 25 heavy (non-hydrogen) atoms. The van der Waals surface area contributed by atoms with Crippen LogP contribution in [0.1, 0.15) is 10.4 Å². The predicted molar refractivity (Wildman–Crippen MR) is 98.3 cm³/mol. The first kappa shape index (κ1) is 17.4. The molecule has 0 aliphatic rings. The molecule has 0 unspecified atom stereocenters. The lowest BCUT2D eigenvalue weighted by molar-refractivity contribution is -0.113. The third kappa shape index (κ3) is 4.58. The summed E-state index contributed by atoms with van der Waals surface area (Å²) in [6, 6.07) is 9.65. The molecule has 0 saturated carbocycles. The number of thiophene rings is 1. The zero-order valence-electron chi connectivity index (χ0n) is 13.8. The number of carbonyl (C=O) groups excluding carboxylic acids is 1. The molecule has 1 N–H and O–H groups in total. The van der Waals surface area contributed by atoms with Crippen LogP contribution in [0.3, 0.4) is 0 Å². The van der Waals surface area contributed by atoms with Crippen LogP contribution in [0, 0.1) is 6.92 Å². The highest BCUT2D eigenvalue weighted by Gasteiger charge is 2.12. The average Bonchev–Trinajstić information content (AvgIpc) is 3.26. The maximum absolute atomic E-state index is 12.3. The highest BCUT2D eigenvalue weighted by atomic mass is 32.2. The molecule has 0 spiro atoms. The molecule has 3 aromatic rings. The number of thioether (sulfide) groups is 1. The molecule has 0 saturated heterocycles. The van der Waals surface area contributed by atoms with Gasteiger partial charge in [0, 0.05) is 4.88 Å². The Kier molecular flexibility index (Phi) is 5.67. The van der Waals surface area contributed by atoms with Crippen LogP contribution >= 0.6 is 23.1 Å². The molecule has 1 aromatic carbocycles. The Balaban J connectivity index is 1.60.